The molecular weight excluding hydrogens is 230 g/mol. The molecule has 5 heteroatoms. The van der Waals surface area contributed by atoms with Gasteiger partial charge in [0.15, 0.2) is 0 Å². The molecule has 1 saturated carbocycles. The molecule has 102 valence electrons. The van der Waals surface area contributed by atoms with Crippen LogP contribution < -0.4 is 11.1 Å². The van der Waals surface area contributed by atoms with Crippen molar-refractivity contribution in [2.24, 2.45) is 22.2 Å². The SMILES string of the molecule is NC(CC1(CNCC2CC3CCC2O3)CC1)=NO. The molecule has 3 rings (SSSR count). The Morgan fingerprint density at radius 1 is 1.44 bits per heavy atom. The van der Waals surface area contributed by atoms with E-state index < -0.39 is 0 Å². The van der Waals surface area contributed by atoms with Crippen LogP contribution in [0.3, 0.4) is 0 Å². The van der Waals surface area contributed by atoms with Gasteiger partial charge in [0.25, 0.3) is 0 Å². The fraction of sp³-hybridized carbons (Fsp3) is 0.923. The van der Waals surface area contributed by atoms with Crippen LogP contribution in [0, 0.1) is 11.3 Å². The summed E-state index contributed by atoms with van der Waals surface area (Å²) < 4.78 is 5.85. The van der Waals surface area contributed by atoms with Crippen molar-refractivity contribution in [3.8, 4) is 0 Å². The van der Waals surface area contributed by atoms with Gasteiger partial charge in [-0.05, 0) is 37.5 Å². The Balaban J connectivity index is 1.40. The van der Waals surface area contributed by atoms with Crippen LogP contribution in [0.15, 0.2) is 5.16 Å². The average Bonchev–Trinajstić information content (AvgIpc) is 2.83. The Morgan fingerprint density at radius 2 is 2.28 bits per heavy atom. The topological polar surface area (TPSA) is 79.9 Å². The van der Waals surface area contributed by atoms with E-state index in [0.29, 0.717) is 30.4 Å². The molecule has 0 spiro atoms. The minimum atomic E-state index is 0.259. The summed E-state index contributed by atoms with van der Waals surface area (Å²) in [5, 5.41) is 15.3. The second-order valence-electron chi connectivity index (χ2n) is 6.27. The van der Waals surface area contributed by atoms with Gasteiger partial charge < -0.3 is 21.0 Å². The van der Waals surface area contributed by atoms with Crippen molar-refractivity contribution in [1.82, 2.24) is 5.32 Å². The molecule has 3 aliphatic rings. The molecule has 3 atom stereocenters. The maximum atomic E-state index is 8.62. The largest absolute Gasteiger partial charge is 0.409 e. The quantitative estimate of drug-likeness (QED) is 0.286. The number of hydrogen-bond donors (Lipinski definition) is 3. The molecule has 2 aliphatic heterocycles. The van der Waals surface area contributed by atoms with Gasteiger partial charge in [-0.15, -0.1) is 0 Å². The molecule has 0 radical (unpaired) electrons. The van der Waals surface area contributed by atoms with Crippen molar-refractivity contribution >= 4 is 5.84 Å². The van der Waals surface area contributed by atoms with Crippen LogP contribution in [0.2, 0.25) is 0 Å². The molecule has 0 aromatic rings. The van der Waals surface area contributed by atoms with Crippen molar-refractivity contribution in [3.63, 3.8) is 0 Å². The molecule has 0 amide bonds. The lowest BCUT2D eigenvalue weighted by Gasteiger charge is -2.21. The normalized spacial score (nSPS) is 37.1. The van der Waals surface area contributed by atoms with Crippen LogP contribution in [0.1, 0.15) is 38.5 Å². The van der Waals surface area contributed by atoms with E-state index in [1.54, 1.807) is 0 Å². The van der Waals surface area contributed by atoms with E-state index in [-0.39, 0.29) is 5.41 Å². The predicted octanol–water partition coefficient (Wildman–Crippen LogP) is 1.06. The van der Waals surface area contributed by atoms with Gasteiger partial charge in [0.2, 0.25) is 0 Å². The minimum absolute atomic E-state index is 0.259. The summed E-state index contributed by atoms with van der Waals surface area (Å²) in [5.74, 6) is 1.06. The smallest absolute Gasteiger partial charge is 0.139 e. The molecule has 1 aliphatic carbocycles. The van der Waals surface area contributed by atoms with Gasteiger partial charge >= 0.3 is 0 Å². The number of nitrogens with two attached hydrogens (primary N) is 1. The summed E-state index contributed by atoms with van der Waals surface area (Å²) in [6, 6.07) is 0. The van der Waals surface area contributed by atoms with Gasteiger partial charge in [0.05, 0.1) is 12.2 Å². The van der Waals surface area contributed by atoms with E-state index in [2.05, 4.69) is 10.5 Å². The monoisotopic (exact) mass is 253 g/mol. The predicted molar refractivity (Wildman–Crippen MR) is 68.6 cm³/mol. The summed E-state index contributed by atoms with van der Waals surface area (Å²) in [6.07, 6.45) is 7.85. The minimum Gasteiger partial charge on any atom is -0.409 e. The highest BCUT2D eigenvalue weighted by atomic mass is 16.5. The first kappa shape index (κ1) is 12.2. The Bertz CT molecular complexity index is 341. The Labute approximate surface area is 108 Å². The van der Waals surface area contributed by atoms with E-state index in [4.69, 9.17) is 15.7 Å². The third-order valence-electron chi connectivity index (χ3n) is 4.78. The first-order valence-electron chi connectivity index (χ1n) is 7.03. The lowest BCUT2D eigenvalue weighted by atomic mass is 9.89. The van der Waals surface area contributed by atoms with Crippen molar-refractivity contribution in [2.45, 2.75) is 50.7 Å². The van der Waals surface area contributed by atoms with E-state index in [1.807, 2.05) is 0 Å². The average molecular weight is 253 g/mol. The van der Waals surface area contributed by atoms with Crippen molar-refractivity contribution in [2.75, 3.05) is 13.1 Å². The van der Waals surface area contributed by atoms with Crippen molar-refractivity contribution < 1.29 is 9.94 Å². The summed E-state index contributed by atoms with van der Waals surface area (Å²) in [4.78, 5) is 0. The zero-order valence-corrected chi connectivity index (χ0v) is 10.8. The van der Waals surface area contributed by atoms with Crippen LogP contribution >= 0.6 is 0 Å². The molecular formula is C13H23N3O2. The number of hydrogen-bond acceptors (Lipinski definition) is 4. The molecule has 18 heavy (non-hydrogen) atoms. The number of amidine groups is 1. The standard InChI is InChI=1S/C13H23N3O2/c14-12(16-17)6-13(3-4-13)8-15-7-9-5-10-1-2-11(9)18-10/h9-11,15,17H,1-8H2,(H2,14,16). The van der Waals surface area contributed by atoms with Crippen LogP contribution in [0.25, 0.3) is 0 Å². The summed E-state index contributed by atoms with van der Waals surface area (Å²) in [6.45, 7) is 2.04. The fourth-order valence-electron chi connectivity index (χ4n) is 3.49. The first-order valence-corrected chi connectivity index (χ1v) is 7.03. The highest BCUT2D eigenvalue weighted by Gasteiger charge is 2.44. The van der Waals surface area contributed by atoms with Gasteiger partial charge in [-0.25, -0.2) is 0 Å². The first-order chi connectivity index (χ1) is 8.71. The highest BCUT2D eigenvalue weighted by Crippen LogP contribution is 2.48. The molecule has 4 N–H and O–H groups in total. The molecule has 3 unspecified atom stereocenters. The van der Waals surface area contributed by atoms with Gasteiger partial charge in [0.1, 0.15) is 5.84 Å². The van der Waals surface area contributed by atoms with Crippen molar-refractivity contribution in [3.05, 3.63) is 0 Å². The van der Waals surface area contributed by atoms with Crippen LogP contribution in [-0.4, -0.2) is 36.3 Å². The van der Waals surface area contributed by atoms with Crippen LogP contribution in [0.4, 0.5) is 0 Å². The number of nitrogens with one attached hydrogen (secondary N) is 1. The van der Waals surface area contributed by atoms with Gasteiger partial charge in [0, 0.05) is 25.4 Å². The zero-order valence-electron chi connectivity index (χ0n) is 10.8. The molecule has 3 fully saturated rings. The third kappa shape index (κ3) is 2.47. The maximum absolute atomic E-state index is 8.62. The van der Waals surface area contributed by atoms with E-state index in [0.717, 1.165) is 13.1 Å². The molecule has 2 bridgehead atoms. The van der Waals surface area contributed by atoms with E-state index in [9.17, 15) is 0 Å². The summed E-state index contributed by atoms with van der Waals surface area (Å²) >= 11 is 0. The Hall–Kier alpha value is -0.810. The van der Waals surface area contributed by atoms with Crippen LogP contribution in [-0.2, 0) is 4.74 Å². The number of rotatable bonds is 6. The number of fused-ring (bicyclic) bond motifs is 2. The van der Waals surface area contributed by atoms with Gasteiger partial charge in [-0.1, -0.05) is 5.16 Å². The highest BCUT2D eigenvalue weighted by molar-refractivity contribution is 5.80. The third-order valence-corrected chi connectivity index (χ3v) is 4.78. The van der Waals surface area contributed by atoms with Gasteiger partial charge in [-0.3, -0.25) is 0 Å². The Kier molecular flexibility index (Phi) is 3.20. The lowest BCUT2D eigenvalue weighted by Crippen LogP contribution is -2.34. The maximum Gasteiger partial charge on any atom is 0.139 e. The second-order valence-corrected chi connectivity index (χ2v) is 6.27. The number of oxime groups is 1. The molecule has 2 saturated heterocycles. The second kappa shape index (κ2) is 4.70. The van der Waals surface area contributed by atoms with Gasteiger partial charge in [-0.2, -0.15) is 0 Å². The molecule has 5 nitrogen and oxygen atoms in total. The lowest BCUT2D eigenvalue weighted by molar-refractivity contribution is 0.0922. The molecule has 0 aromatic heterocycles. The summed E-state index contributed by atoms with van der Waals surface area (Å²) in [5.41, 5.74) is 5.85. The van der Waals surface area contributed by atoms with Crippen LogP contribution in [0.5, 0.6) is 0 Å². The number of ether oxygens (including phenoxy) is 1. The fourth-order valence-corrected chi connectivity index (χ4v) is 3.49. The van der Waals surface area contributed by atoms with E-state index >= 15 is 0 Å². The molecule has 0 aromatic carbocycles. The summed E-state index contributed by atoms with van der Waals surface area (Å²) in [7, 11) is 0. The Morgan fingerprint density at radius 3 is 2.83 bits per heavy atom. The van der Waals surface area contributed by atoms with E-state index in [1.165, 1.54) is 32.1 Å². The zero-order chi connectivity index (χ0) is 12.6. The van der Waals surface area contributed by atoms with Crippen molar-refractivity contribution in [1.29, 1.82) is 0 Å². The number of nitrogens with zero attached hydrogens (tertiary/aromatic N) is 1. The molecule has 2 heterocycles.